The van der Waals surface area contributed by atoms with Crippen LogP contribution in [0.3, 0.4) is 0 Å². The molecule has 5 nitrogen and oxygen atoms in total. The minimum atomic E-state index is -0.717. The molecule has 0 aliphatic heterocycles. The van der Waals surface area contributed by atoms with Crippen LogP contribution in [0.25, 0.3) is 5.65 Å². The van der Waals surface area contributed by atoms with Gasteiger partial charge in [-0.25, -0.2) is 0 Å². The van der Waals surface area contributed by atoms with E-state index in [4.69, 9.17) is 11.6 Å². The number of carbonyl (C=O) groups excluding carboxylic acids is 1. The molecule has 0 saturated heterocycles. The second-order valence-corrected chi connectivity index (χ2v) is 4.97. The molecule has 1 amide bonds. The van der Waals surface area contributed by atoms with Crippen LogP contribution in [-0.4, -0.2) is 20.5 Å². The lowest BCUT2D eigenvalue weighted by Gasteiger charge is -2.10. The molecule has 0 aliphatic carbocycles. The molecule has 2 heterocycles. The zero-order valence-corrected chi connectivity index (χ0v) is 11.9. The lowest BCUT2D eigenvalue weighted by molar-refractivity contribution is -0.121. The Labute approximate surface area is 126 Å². The summed E-state index contributed by atoms with van der Waals surface area (Å²) in [7, 11) is 0. The second-order valence-electron chi connectivity index (χ2n) is 4.54. The van der Waals surface area contributed by atoms with E-state index in [1.54, 1.807) is 0 Å². The fourth-order valence-electron chi connectivity index (χ4n) is 2.04. The van der Waals surface area contributed by atoms with Crippen LogP contribution < -0.4 is 5.32 Å². The first kappa shape index (κ1) is 13.6. The van der Waals surface area contributed by atoms with Crippen LogP contribution in [0.4, 0.5) is 0 Å². The standard InChI is InChI=1S/C15H13ClN4O/c16-14(11-6-2-1-3-7-11)15(21)17-10-13-19-18-12-8-4-5-9-20(12)13/h1-9,14H,10H2,(H,17,21). The Balaban J connectivity index is 1.69. The summed E-state index contributed by atoms with van der Waals surface area (Å²) >= 11 is 6.16. The molecule has 1 aromatic carbocycles. The SMILES string of the molecule is O=C(NCc1nnc2ccccn12)C(Cl)c1ccccc1. The fourth-order valence-corrected chi connectivity index (χ4v) is 2.26. The molecule has 106 valence electrons. The summed E-state index contributed by atoms with van der Waals surface area (Å²) in [5, 5.41) is 10.1. The second kappa shape index (κ2) is 5.93. The van der Waals surface area contributed by atoms with Gasteiger partial charge in [0.25, 0.3) is 0 Å². The van der Waals surface area contributed by atoms with Gasteiger partial charge in [0.15, 0.2) is 11.5 Å². The van der Waals surface area contributed by atoms with E-state index in [1.165, 1.54) is 0 Å². The first-order chi connectivity index (χ1) is 10.3. The number of alkyl halides is 1. The number of nitrogens with one attached hydrogen (secondary N) is 1. The Kier molecular flexibility index (Phi) is 3.83. The Morgan fingerprint density at radius 1 is 1.14 bits per heavy atom. The summed E-state index contributed by atoms with van der Waals surface area (Å²) in [5.74, 6) is 0.409. The van der Waals surface area contributed by atoms with Crippen LogP contribution in [0.1, 0.15) is 16.8 Å². The zero-order valence-electron chi connectivity index (χ0n) is 11.1. The lowest BCUT2D eigenvalue weighted by atomic mass is 10.1. The van der Waals surface area contributed by atoms with Crippen molar-refractivity contribution in [3.05, 3.63) is 66.1 Å². The van der Waals surface area contributed by atoms with Gasteiger partial charge < -0.3 is 5.32 Å². The van der Waals surface area contributed by atoms with Crippen molar-refractivity contribution in [2.24, 2.45) is 0 Å². The predicted molar refractivity (Wildman–Crippen MR) is 79.9 cm³/mol. The van der Waals surface area contributed by atoms with Crippen molar-refractivity contribution in [3.8, 4) is 0 Å². The van der Waals surface area contributed by atoms with Gasteiger partial charge >= 0.3 is 0 Å². The lowest BCUT2D eigenvalue weighted by Crippen LogP contribution is -2.27. The van der Waals surface area contributed by atoms with Gasteiger partial charge in [0.1, 0.15) is 5.38 Å². The smallest absolute Gasteiger partial charge is 0.242 e. The Morgan fingerprint density at radius 2 is 1.90 bits per heavy atom. The zero-order chi connectivity index (χ0) is 14.7. The van der Waals surface area contributed by atoms with Gasteiger partial charge in [0.2, 0.25) is 5.91 Å². The van der Waals surface area contributed by atoms with E-state index in [1.807, 2.05) is 59.1 Å². The molecule has 0 bridgehead atoms. The van der Waals surface area contributed by atoms with Crippen LogP contribution >= 0.6 is 11.6 Å². The molecule has 21 heavy (non-hydrogen) atoms. The monoisotopic (exact) mass is 300 g/mol. The molecule has 3 rings (SSSR count). The van der Waals surface area contributed by atoms with E-state index in [2.05, 4.69) is 15.5 Å². The highest BCUT2D eigenvalue weighted by Gasteiger charge is 2.17. The van der Waals surface area contributed by atoms with Crippen LogP contribution in [-0.2, 0) is 11.3 Å². The molecule has 0 radical (unpaired) electrons. The van der Waals surface area contributed by atoms with E-state index in [-0.39, 0.29) is 12.5 Å². The Bertz CT molecular complexity index is 756. The summed E-state index contributed by atoms with van der Waals surface area (Å²) in [6.45, 7) is 0.278. The maximum absolute atomic E-state index is 12.1. The molecule has 0 fully saturated rings. The Morgan fingerprint density at radius 3 is 2.71 bits per heavy atom. The van der Waals surface area contributed by atoms with Crippen LogP contribution in [0.5, 0.6) is 0 Å². The average molecular weight is 301 g/mol. The number of rotatable bonds is 4. The van der Waals surface area contributed by atoms with E-state index in [0.29, 0.717) is 5.82 Å². The molecule has 0 aliphatic rings. The number of hydrogen-bond acceptors (Lipinski definition) is 3. The first-order valence-electron chi connectivity index (χ1n) is 6.51. The third kappa shape index (κ3) is 2.87. The van der Waals surface area contributed by atoms with E-state index in [0.717, 1.165) is 11.2 Å². The number of halogens is 1. The van der Waals surface area contributed by atoms with E-state index >= 15 is 0 Å². The van der Waals surface area contributed by atoms with Crippen molar-refractivity contribution in [1.29, 1.82) is 0 Å². The third-order valence-electron chi connectivity index (χ3n) is 3.13. The minimum Gasteiger partial charge on any atom is -0.347 e. The van der Waals surface area contributed by atoms with Gasteiger partial charge in [0, 0.05) is 6.20 Å². The summed E-state index contributed by atoms with van der Waals surface area (Å²) in [4.78, 5) is 12.1. The number of aromatic nitrogens is 3. The van der Waals surface area contributed by atoms with Gasteiger partial charge in [-0.2, -0.15) is 0 Å². The normalized spacial score (nSPS) is 12.2. The Hall–Kier alpha value is -2.40. The molecule has 0 spiro atoms. The molecular formula is C15H13ClN4O. The summed E-state index contributed by atoms with van der Waals surface area (Å²) in [6, 6.07) is 14.9. The number of amides is 1. The topological polar surface area (TPSA) is 59.3 Å². The molecule has 6 heteroatoms. The summed E-state index contributed by atoms with van der Waals surface area (Å²) in [5.41, 5.74) is 1.51. The highest BCUT2D eigenvalue weighted by atomic mass is 35.5. The van der Waals surface area contributed by atoms with Crippen molar-refractivity contribution in [2.75, 3.05) is 0 Å². The number of hydrogen-bond donors (Lipinski definition) is 1. The highest BCUT2D eigenvalue weighted by molar-refractivity contribution is 6.30. The molecule has 1 unspecified atom stereocenters. The average Bonchev–Trinajstić information content (AvgIpc) is 2.96. The third-order valence-corrected chi connectivity index (χ3v) is 3.58. The van der Waals surface area contributed by atoms with E-state index < -0.39 is 5.38 Å². The number of carbonyl (C=O) groups is 1. The maximum Gasteiger partial charge on any atom is 0.242 e. The predicted octanol–water partition coefficient (Wildman–Crippen LogP) is 2.33. The van der Waals surface area contributed by atoms with E-state index in [9.17, 15) is 4.79 Å². The van der Waals surface area contributed by atoms with Crippen LogP contribution in [0.15, 0.2) is 54.7 Å². The van der Waals surface area contributed by atoms with Gasteiger partial charge in [0.05, 0.1) is 6.54 Å². The summed E-state index contributed by atoms with van der Waals surface area (Å²) in [6.07, 6.45) is 1.85. The van der Waals surface area contributed by atoms with Crippen molar-refractivity contribution in [1.82, 2.24) is 19.9 Å². The quantitative estimate of drug-likeness (QED) is 0.752. The summed E-state index contributed by atoms with van der Waals surface area (Å²) < 4.78 is 1.83. The highest BCUT2D eigenvalue weighted by Crippen LogP contribution is 2.19. The maximum atomic E-state index is 12.1. The van der Waals surface area contributed by atoms with Gasteiger partial charge in [-0.3, -0.25) is 9.20 Å². The number of fused-ring (bicyclic) bond motifs is 1. The molecule has 0 saturated carbocycles. The number of benzene rings is 1. The molecule has 3 aromatic rings. The van der Waals surface area contributed by atoms with Crippen molar-refractivity contribution < 1.29 is 4.79 Å². The van der Waals surface area contributed by atoms with Gasteiger partial charge in [-0.15, -0.1) is 21.8 Å². The van der Waals surface area contributed by atoms with Crippen molar-refractivity contribution >= 4 is 23.2 Å². The van der Waals surface area contributed by atoms with Gasteiger partial charge in [-0.05, 0) is 17.7 Å². The number of pyridine rings is 1. The van der Waals surface area contributed by atoms with Crippen LogP contribution in [0.2, 0.25) is 0 Å². The van der Waals surface area contributed by atoms with Crippen molar-refractivity contribution in [3.63, 3.8) is 0 Å². The van der Waals surface area contributed by atoms with Gasteiger partial charge in [-0.1, -0.05) is 36.4 Å². The van der Waals surface area contributed by atoms with Crippen LogP contribution in [0, 0.1) is 0 Å². The molecule has 1 atom stereocenters. The molecule has 1 N–H and O–H groups in total. The minimum absolute atomic E-state index is 0.254. The van der Waals surface area contributed by atoms with Crippen molar-refractivity contribution in [2.45, 2.75) is 11.9 Å². The number of nitrogens with zero attached hydrogens (tertiary/aromatic N) is 3. The fraction of sp³-hybridized carbons (Fsp3) is 0.133. The largest absolute Gasteiger partial charge is 0.347 e. The first-order valence-corrected chi connectivity index (χ1v) is 6.95. The molecule has 2 aromatic heterocycles. The molecular weight excluding hydrogens is 288 g/mol.